The molecule has 0 aliphatic rings. The van der Waals surface area contributed by atoms with Gasteiger partial charge in [-0.3, -0.25) is 4.79 Å². The second kappa shape index (κ2) is 12.0. The van der Waals surface area contributed by atoms with Gasteiger partial charge in [0.15, 0.2) is 0 Å². The van der Waals surface area contributed by atoms with Gasteiger partial charge in [-0.05, 0) is 25.7 Å². The van der Waals surface area contributed by atoms with Gasteiger partial charge in [0.1, 0.15) is 0 Å². The number of unbranched alkanes of at least 4 members (excludes halogenated alkanes) is 5. The van der Waals surface area contributed by atoms with Crippen LogP contribution in [0.3, 0.4) is 0 Å². The summed E-state index contributed by atoms with van der Waals surface area (Å²) in [5, 5.41) is 10.5. The number of rotatable bonds is 13. The van der Waals surface area contributed by atoms with Gasteiger partial charge in [-0.25, -0.2) is 0 Å². The topological polar surface area (TPSA) is 46.5 Å². The zero-order valence-electron chi connectivity index (χ0n) is 14.6. The second-order valence-electron chi connectivity index (χ2n) is 6.07. The lowest BCUT2D eigenvalue weighted by Gasteiger charge is -2.34. The van der Waals surface area contributed by atoms with E-state index in [-0.39, 0.29) is 5.97 Å². The molecular formula is C18H36O3. The number of hydrogen-bond acceptors (Lipinski definition) is 3. The van der Waals surface area contributed by atoms with Crippen molar-refractivity contribution in [1.82, 2.24) is 0 Å². The molecule has 0 aliphatic heterocycles. The van der Waals surface area contributed by atoms with Crippen molar-refractivity contribution in [3.05, 3.63) is 0 Å². The molecule has 21 heavy (non-hydrogen) atoms. The van der Waals surface area contributed by atoms with Crippen LogP contribution < -0.4 is 0 Å². The predicted octanol–water partition coefficient (Wildman–Crippen LogP) is 4.86. The van der Waals surface area contributed by atoms with Gasteiger partial charge in [-0.1, -0.05) is 66.2 Å². The standard InChI is InChI=1S/C18H36O3/c1-5-9-11-13-15-21-17(20)18(7-3,8-4)16(19)14-12-10-6-2/h16,19H,5-15H2,1-4H3. The number of hydrogen-bond donors (Lipinski definition) is 1. The zero-order chi connectivity index (χ0) is 16.1. The summed E-state index contributed by atoms with van der Waals surface area (Å²) in [5.41, 5.74) is -0.710. The molecule has 0 saturated carbocycles. The van der Waals surface area contributed by atoms with Gasteiger partial charge in [-0.15, -0.1) is 0 Å². The Morgan fingerprint density at radius 2 is 1.52 bits per heavy atom. The molecule has 126 valence electrons. The van der Waals surface area contributed by atoms with Gasteiger partial charge in [-0.2, -0.15) is 0 Å². The molecule has 1 atom stereocenters. The molecule has 3 heteroatoms. The van der Waals surface area contributed by atoms with E-state index in [0.717, 1.165) is 32.1 Å². The third-order valence-corrected chi connectivity index (χ3v) is 4.62. The van der Waals surface area contributed by atoms with Crippen molar-refractivity contribution in [2.45, 2.75) is 98.0 Å². The number of esters is 1. The molecule has 0 aromatic carbocycles. The first-order valence-corrected chi connectivity index (χ1v) is 8.94. The number of aliphatic hydroxyl groups is 1. The van der Waals surface area contributed by atoms with Crippen molar-refractivity contribution in [1.29, 1.82) is 0 Å². The van der Waals surface area contributed by atoms with Crippen molar-refractivity contribution in [3.8, 4) is 0 Å². The zero-order valence-corrected chi connectivity index (χ0v) is 14.6. The van der Waals surface area contributed by atoms with Gasteiger partial charge in [0, 0.05) is 0 Å². The summed E-state index contributed by atoms with van der Waals surface area (Å²) < 4.78 is 5.46. The maximum Gasteiger partial charge on any atom is 0.314 e. The molecule has 0 fully saturated rings. The minimum Gasteiger partial charge on any atom is -0.465 e. The molecule has 0 aromatic rings. The van der Waals surface area contributed by atoms with E-state index in [1.165, 1.54) is 12.8 Å². The Kier molecular flexibility index (Phi) is 11.7. The molecule has 0 aliphatic carbocycles. The fourth-order valence-corrected chi connectivity index (χ4v) is 2.85. The van der Waals surface area contributed by atoms with Crippen LogP contribution in [0.15, 0.2) is 0 Å². The van der Waals surface area contributed by atoms with Crippen LogP contribution in [0.5, 0.6) is 0 Å². The number of carbonyl (C=O) groups is 1. The average molecular weight is 300 g/mol. The van der Waals surface area contributed by atoms with Crippen LogP contribution in [0.1, 0.15) is 91.9 Å². The lowest BCUT2D eigenvalue weighted by molar-refractivity contribution is -0.165. The van der Waals surface area contributed by atoms with Crippen molar-refractivity contribution in [2.75, 3.05) is 6.61 Å². The number of carbonyl (C=O) groups excluding carboxylic acids is 1. The van der Waals surface area contributed by atoms with Gasteiger partial charge >= 0.3 is 5.97 Å². The Labute approximate surface area is 131 Å². The Morgan fingerprint density at radius 3 is 2.05 bits per heavy atom. The van der Waals surface area contributed by atoms with Crippen LogP contribution in [0.2, 0.25) is 0 Å². The van der Waals surface area contributed by atoms with E-state index in [1.54, 1.807) is 0 Å². The summed E-state index contributed by atoms with van der Waals surface area (Å²) in [7, 11) is 0. The first kappa shape index (κ1) is 20.4. The smallest absolute Gasteiger partial charge is 0.314 e. The molecule has 0 amide bonds. The van der Waals surface area contributed by atoms with Crippen molar-refractivity contribution < 1.29 is 14.6 Å². The highest BCUT2D eigenvalue weighted by molar-refractivity contribution is 5.77. The first-order chi connectivity index (χ1) is 10.1. The minimum absolute atomic E-state index is 0.201. The molecule has 0 heterocycles. The van der Waals surface area contributed by atoms with Gasteiger partial charge in [0.25, 0.3) is 0 Å². The second-order valence-corrected chi connectivity index (χ2v) is 6.07. The Balaban J connectivity index is 4.43. The van der Waals surface area contributed by atoms with Gasteiger partial charge in [0.05, 0.1) is 18.1 Å². The van der Waals surface area contributed by atoms with Crippen LogP contribution in [-0.4, -0.2) is 23.8 Å². The highest BCUT2D eigenvalue weighted by Crippen LogP contribution is 2.35. The predicted molar refractivity (Wildman–Crippen MR) is 88.3 cm³/mol. The fraction of sp³-hybridized carbons (Fsp3) is 0.944. The van der Waals surface area contributed by atoms with E-state index in [2.05, 4.69) is 13.8 Å². The third kappa shape index (κ3) is 6.82. The molecule has 0 rings (SSSR count). The van der Waals surface area contributed by atoms with Crippen LogP contribution in [0, 0.1) is 5.41 Å². The van der Waals surface area contributed by atoms with E-state index in [1.807, 2.05) is 13.8 Å². The molecular weight excluding hydrogens is 264 g/mol. The van der Waals surface area contributed by atoms with E-state index < -0.39 is 11.5 Å². The molecule has 0 bridgehead atoms. The SMILES string of the molecule is CCCCCCOC(=O)C(CC)(CC)C(O)CCCCC. The lowest BCUT2D eigenvalue weighted by atomic mass is 9.75. The highest BCUT2D eigenvalue weighted by atomic mass is 16.5. The molecule has 1 N–H and O–H groups in total. The molecule has 0 spiro atoms. The summed E-state index contributed by atoms with van der Waals surface area (Å²) in [4.78, 5) is 12.5. The number of ether oxygens (including phenoxy) is 1. The molecule has 1 unspecified atom stereocenters. The van der Waals surface area contributed by atoms with Crippen LogP contribution in [-0.2, 0) is 9.53 Å². The summed E-state index contributed by atoms with van der Waals surface area (Å²) in [6.45, 7) is 8.75. The molecule has 0 aromatic heterocycles. The van der Waals surface area contributed by atoms with Crippen LogP contribution in [0.25, 0.3) is 0 Å². The normalized spacial score (nSPS) is 13.2. The van der Waals surface area contributed by atoms with E-state index in [9.17, 15) is 9.90 Å². The first-order valence-electron chi connectivity index (χ1n) is 8.94. The van der Waals surface area contributed by atoms with Crippen molar-refractivity contribution >= 4 is 5.97 Å². The van der Waals surface area contributed by atoms with Gasteiger partial charge in [0.2, 0.25) is 0 Å². The maximum atomic E-state index is 12.5. The number of aliphatic hydroxyl groups excluding tert-OH is 1. The van der Waals surface area contributed by atoms with E-state index >= 15 is 0 Å². The Hall–Kier alpha value is -0.570. The Morgan fingerprint density at radius 1 is 0.952 bits per heavy atom. The molecule has 3 nitrogen and oxygen atoms in total. The quantitative estimate of drug-likeness (QED) is 0.390. The molecule has 0 radical (unpaired) electrons. The highest BCUT2D eigenvalue weighted by Gasteiger charge is 2.43. The summed E-state index contributed by atoms with van der Waals surface area (Å²) in [5.74, 6) is -0.201. The van der Waals surface area contributed by atoms with Crippen molar-refractivity contribution in [2.24, 2.45) is 5.41 Å². The average Bonchev–Trinajstić information content (AvgIpc) is 2.49. The van der Waals surface area contributed by atoms with Crippen LogP contribution >= 0.6 is 0 Å². The lowest BCUT2D eigenvalue weighted by Crippen LogP contribution is -2.43. The van der Waals surface area contributed by atoms with Crippen LogP contribution in [0.4, 0.5) is 0 Å². The maximum absolute atomic E-state index is 12.5. The largest absolute Gasteiger partial charge is 0.465 e. The van der Waals surface area contributed by atoms with E-state index in [0.29, 0.717) is 25.9 Å². The summed E-state index contributed by atoms with van der Waals surface area (Å²) >= 11 is 0. The fourth-order valence-electron chi connectivity index (χ4n) is 2.85. The van der Waals surface area contributed by atoms with E-state index in [4.69, 9.17) is 4.74 Å². The summed E-state index contributed by atoms with van der Waals surface area (Å²) in [6.07, 6.45) is 9.00. The molecule has 0 saturated heterocycles. The monoisotopic (exact) mass is 300 g/mol. The third-order valence-electron chi connectivity index (χ3n) is 4.62. The Bertz CT molecular complexity index is 259. The van der Waals surface area contributed by atoms with Crippen molar-refractivity contribution in [3.63, 3.8) is 0 Å². The minimum atomic E-state index is -0.710. The van der Waals surface area contributed by atoms with Gasteiger partial charge < -0.3 is 9.84 Å². The summed E-state index contributed by atoms with van der Waals surface area (Å²) in [6, 6.07) is 0.